The van der Waals surface area contributed by atoms with Crippen molar-refractivity contribution >= 4 is 21.8 Å². The monoisotopic (exact) mass is 402 g/mol. The number of piperazine rings is 1. The Morgan fingerprint density at radius 1 is 1.25 bits per heavy atom. The summed E-state index contributed by atoms with van der Waals surface area (Å²) in [7, 11) is -3.89. The Labute approximate surface area is 164 Å². The van der Waals surface area contributed by atoms with Crippen molar-refractivity contribution in [3.8, 4) is 0 Å². The summed E-state index contributed by atoms with van der Waals surface area (Å²) in [5.74, 6) is -0.897. The van der Waals surface area contributed by atoms with Crippen LogP contribution in [0.5, 0.6) is 0 Å². The van der Waals surface area contributed by atoms with Gasteiger partial charge in [-0.3, -0.25) is 14.6 Å². The van der Waals surface area contributed by atoms with Crippen molar-refractivity contribution in [1.29, 1.82) is 0 Å². The van der Waals surface area contributed by atoms with E-state index in [9.17, 15) is 18.0 Å². The average Bonchev–Trinajstić information content (AvgIpc) is 2.69. The van der Waals surface area contributed by atoms with E-state index < -0.39 is 27.9 Å². The number of aromatic nitrogens is 1. The van der Waals surface area contributed by atoms with Gasteiger partial charge in [-0.25, -0.2) is 8.42 Å². The van der Waals surface area contributed by atoms with Gasteiger partial charge in [0.25, 0.3) is 0 Å². The molecule has 28 heavy (non-hydrogen) atoms. The molecule has 1 atom stereocenters. The first-order valence-corrected chi connectivity index (χ1v) is 10.3. The molecule has 9 heteroatoms. The zero-order valence-corrected chi connectivity index (χ0v) is 16.3. The molecule has 0 unspecified atom stereocenters. The smallest absolute Gasteiger partial charge is 0.243 e. The molecule has 0 spiro atoms. The fraction of sp³-hybridized carbons (Fsp3) is 0.316. The molecule has 3 rings (SSSR count). The molecule has 0 bridgehead atoms. The first-order chi connectivity index (χ1) is 13.4. The summed E-state index contributed by atoms with van der Waals surface area (Å²) in [5.41, 5.74) is 1.61. The topological polar surface area (TPSA) is 108 Å². The second-order valence-corrected chi connectivity index (χ2v) is 8.43. The lowest BCUT2D eigenvalue weighted by Gasteiger charge is -2.33. The maximum Gasteiger partial charge on any atom is 0.243 e. The third kappa shape index (κ3) is 4.55. The Kier molecular flexibility index (Phi) is 6.05. The number of amides is 2. The summed E-state index contributed by atoms with van der Waals surface area (Å²) < 4.78 is 27.1. The molecule has 1 aliphatic heterocycles. The second kappa shape index (κ2) is 8.49. The van der Waals surface area contributed by atoms with E-state index >= 15 is 0 Å². The molecule has 1 aromatic carbocycles. The summed E-state index contributed by atoms with van der Waals surface area (Å²) >= 11 is 0. The van der Waals surface area contributed by atoms with Crippen LogP contribution >= 0.6 is 0 Å². The van der Waals surface area contributed by atoms with Gasteiger partial charge in [-0.2, -0.15) is 4.31 Å². The van der Waals surface area contributed by atoms with E-state index in [1.165, 1.54) is 12.1 Å². The Morgan fingerprint density at radius 3 is 2.68 bits per heavy atom. The van der Waals surface area contributed by atoms with Crippen LogP contribution in [-0.4, -0.2) is 48.7 Å². The van der Waals surface area contributed by atoms with E-state index in [-0.39, 0.29) is 31.0 Å². The summed E-state index contributed by atoms with van der Waals surface area (Å²) in [5, 5.41) is 5.32. The maximum atomic E-state index is 13.0. The lowest BCUT2D eigenvalue weighted by molar-refractivity contribution is -0.131. The summed E-state index contributed by atoms with van der Waals surface area (Å²) in [4.78, 5) is 28.9. The van der Waals surface area contributed by atoms with Crippen LogP contribution in [0.2, 0.25) is 0 Å². The molecule has 0 radical (unpaired) electrons. The van der Waals surface area contributed by atoms with Crippen molar-refractivity contribution in [2.45, 2.75) is 30.8 Å². The van der Waals surface area contributed by atoms with Gasteiger partial charge in [-0.05, 0) is 31.2 Å². The minimum absolute atomic E-state index is 0.103. The molecule has 2 heterocycles. The van der Waals surface area contributed by atoms with Crippen LogP contribution in [-0.2, 0) is 26.2 Å². The summed E-state index contributed by atoms with van der Waals surface area (Å²) in [6.45, 7) is 2.38. The number of carbonyl (C=O) groups excluding carboxylic acids is 2. The Bertz CT molecular complexity index is 946. The molecule has 2 aromatic rings. The molecular weight excluding hydrogens is 380 g/mol. The van der Waals surface area contributed by atoms with E-state index in [1.54, 1.807) is 36.5 Å². The van der Waals surface area contributed by atoms with Crippen LogP contribution < -0.4 is 10.6 Å². The molecule has 2 N–H and O–H groups in total. The number of benzene rings is 1. The van der Waals surface area contributed by atoms with E-state index in [4.69, 9.17) is 0 Å². The molecule has 1 aliphatic rings. The van der Waals surface area contributed by atoms with Crippen molar-refractivity contribution < 1.29 is 18.0 Å². The number of sulfonamides is 1. The lowest BCUT2D eigenvalue weighted by Crippen LogP contribution is -2.58. The number of carbonyl (C=O) groups is 2. The number of nitrogens with zero attached hydrogens (tertiary/aromatic N) is 2. The Balaban J connectivity index is 1.74. The van der Waals surface area contributed by atoms with E-state index in [1.807, 2.05) is 6.92 Å². The van der Waals surface area contributed by atoms with Crippen LogP contribution in [0.15, 0.2) is 53.6 Å². The van der Waals surface area contributed by atoms with Gasteiger partial charge >= 0.3 is 0 Å². The normalized spacial score (nSPS) is 17.8. The number of nitrogens with one attached hydrogen (secondary N) is 2. The predicted molar refractivity (Wildman–Crippen MR) is 103 cm³/mol. The molecule has 148 valence electrons. The summed E-state index contributed by atoms with van der Waals surface area (Å²) in [6.07, 6.45) is 1.36. The number of rotatable bonds is 6. The maximum absolute atomic E-state index is 13.0. The van der Waals surface area contributed by atoms with Crippen molar-refractivity contribution in [2.75, 3.05) is 13.1 Å². The highest BCUT2D eigenvalue weighted by Gasteiger charge is 2.39. The summed E-state index contributed by atoms with van der Waals surface area (Å²) in [6, 6.07) is 10.7. The number of aryl methyl sites for hydroxylation is 1. The molecular formula is C19H22N4O4S. The van der Waals surface area contributed by atoms with Crippen LogP contribution in [0.3, 0.4) is 0 Å². The first kappa shape index (κ1) is 20.0. The lowest BCUT2D eigenvalue weighted by atomic mass is 10.1. The van der Waals surface area contributed by atoms with Crippen molar-refractivity contribution in [3.05, 3.63) is 59.9 Å². The van der Waals surface area contributed by atoms with Crippen LogP contribution in [0.4, 0.5) is 0 Å². The van der Waals surface area contributed by atoms with Gasteiger partial charge in [0.05, 0.1) is 23.6 Å². The molecule has 0 saturated carbocycles. The highest BCUT2D eigenvalue weighted by Crippen LogP contribution is 2.22. The average molecular weight is 402 g/mol. The standard InChI is InChI=1S/C19H22N4O4S/c1-14-5-7-16(8-6-14)28(26,27)23-11-10-21-19(25)17(23)12-18(24)22-13-15-4-2-3-9-20-15/h2-9,17H,10-13H2,1H3,(H,21,25)(H,22,24)/t17-/m0/s1. The van der Waals surface area contributed by atoms with Gasteiger partial charge in [0, 0.05) is 19.3 Å². The zero-order chi connectivity index (χ0) is 20.1. The highest BCUT2D eigenvalue weighted by molar-refractivity contribution is 7.89. The van der Waals surface area contributed by atoms with Gasteiger partial charge in [0.2, 0.25) is 21.8 Å². The van der Waals surface area contributed by atoms with Crippen LogP contribution in [0, 0.1) is 6.92 Å². The largest absolute Gasteiger partial charge is 0.353 e. The third-order valence-electron chi connectivity index (χ3n) is 4.48. The van der Waals surface area contributed by atoms with Gasteiger partial charge in [-0.15, -0.1) is 0 Å². The molecule has 1 saturated heterocycles. The second-order valence-electron chi connectivity index (χ2n) is 6.54. The first-order valence-electron chi connectivity index (χ1n) is 8.91. The highest BCUT2D eigenvalue weighted by atomic mass is 32.2. The van der Waals surface area contributed by atoms with Gasteiger partial charge < -0.3 is 10.6 Å². The van der Waals surface area contributed by atoms with Crippen molar-refractivity contribution in [3.63, 3.8) is 0 Å². The SMILES string of the molecule is Cc1ccc(S(=O)(=O)N2CCNC(=O)[C@@H]2CC(=O)NCc2ccccn2)cc1. The van der Waals surface area contributed by atoms with E-state index in [0.717, 1.165) is 9.87 Å². The number of hydrogen-bond acceptors (Lipinski definition) is 5. The van der Waals surface area contributed by atoms with Gasteiger partial charge in [-0.1, -0.05) is 23.8 Å². The number of pyridine rings is 1. The fourth-order valence-corrected chi connectivity index (χ4v) is 4.55. The molecule has 0 aliphatic carbocycles. The fourth-order valence-electron chi connectivity index (χ4n) is 2.96. The Hall–Kier alpha value is -2.78. The molecule has 2 amide bonds. The molecule has 8 nitrogen and oxygen atoms in total. The minimum Gasteiger partial charge on any atom is -0.353 e. The Morgan fingerprint density at radius 2 is 2.00 bits per heavy atom. The third-order valence-corrected chi connectivity index (χ3v) is 6.40. The van der Waals surface area contributed by atoms with Crippen molar-refractivity contribution in [2.24, 2.45) is 0 Å². The van der Waals surface area contributed by atoms with Crippen LogP contribution in [0.1, 0.15) is 17.7 Å². The van der Waals surface area contributed by atoms with Gasteiger partial charge in [0.1, 0.15) is 6.04 Å². The minimum atomic E-state index is -3.89. The molecule has 1 aromatic heterocycles. The predicted octanol–water partition coefficient (Wildman–Crippen LogP) is 0.586. The molecule has 1 fully saturated rings. The van der Waals surface area contributed by atoms with E-state index in [2.05, 4.69) is 15.6 Å². The quantitative estimate of drug-likeness (QED) is 0.735. The van der Waals surface area contributed by atoms with Gasteiger partial charge in [0.15, 0.2) is 0 Å². The van der Waals surface area contributed by atoms with Crippen LogP contribution in [0.25, 0.3) is 0 Å². The zero-order valence-electron chi connectivity index (χ0n) is 15.5. The van der Waals surface area contributed by atoms with E-state index in [0.29, 0.717) is 5.69 Å². The number of hydrogen-bond donors (Lipinski definition) is 2. The van der Waals surface area contributed by atoms with Crippen molar-refractivity contribution in [1.82, 2.24) is 19.9 Å².